The summed E-state index contributed by atoms with van der Waals surface area (Å²) in [5.41, 5.74) is 3.33. The van der Waals surface area contributed by atoms with Gasteiger partial charge in [0.25, 0.3) is 0 Å². The molecule has 20 heavy (non-hydrogen) atoms. The molecule has 102 valence electrons. The Morgan fingerprint density at radius 3 is 2.60 bits per heavy atom. The van der Waals surface area contributed by atoms with Gasteiger partial charge in [0, 0.05) is 18.1 Å². The molecular formula is C16H15ClN2O. The lowest BCUT2D eigenvalue weighted by molar-refractivity contribution is 0.414. The minimum atomic E-state index is 0.520. The zero-order valence-corrected chi connectivity index (χ0v) is 12.2. The summed E-state index contributed by atoms with van der Waals surface area (Å²) in [7, 11) is 1.67. The lowest BCUT2D eigenvalue weighted by Gasteiger charge is -2.06. The van der Waals surface area contributed by atoms with Gasteiger partial charge in [-0.15, -0.1) is 0 Å². The summed E-state index contributed by atoms with van der Waals surface area (Å²) in [6.45, 7) is 2.85. The molecule has 0 aliphatic heterocycles. The van der Waals surface area contributed by atoms with Gasteiger partial charge in [0.2, 0.25) is 0 Å². The molecule has 0 saturated heterocycles. The summed E-state index contributed by atoms with van der Waals surface area (Å²) >= 11 is 6.00. The maximum Gasteiger partial charge on any atom is 0.142 e. The quantitative estimate of drug-likeness (QED) is 0.679. The fourth-order valence-corrected chi connectivity index (χ4v) is 2.51. The van der Waals surface area contributed by atoms with Gasteiger partial charge in [0.15, 0.2) is 0 Å². The van der Waals surface area contributed by atoms with Crippen LogP contribution in [0.5, 0.6) is 5.75 Å². The van der Waals surface area contributed by atoms with E-state index in [4.69, 9.17) is 16.3 Å². The van der Waals surface area contributed by atoms with Crippen LogP contribution in [0.3, 0.4) is 0 Å². The number of aromatic nitrogens is 2. The van der Waals surface area contributed by atoms with Crippen molar-refractivity contribution in [2.45, 2.75) is 13.5 Å². The molecule has 3 rings (SSSR count). The lowest BCUT2D eigenvalue weighted by Crippen LogP contribution is -1.99. The van der Waals surface area contributed by atoms with E-state index in [1.54, 1.807) is 7.11 Å². The Labute approximate surface area is 122 Å². The molecule has 2 aromatic heterocycles. The summed E-state index contributed by atoms with van der Waals surface area (Å²) in [4.78, 5) is 4.43. The molecule has 0 atom stereocenters. The van der Waals surface area contributed by atoms with Gasteiger partial charge < -0.3 is 9.30 Å². The first-order chi connectivity index (χ1) is 9.67. The third-order valence-corrected chi connectivity index (χ3v) is 3.61. The molecule has 0 bridgehead atoms. The van der Waals surface area contributed by atoms with E-state index in [9.17, 15) is 0 Å². The van der Waals surface area contributed by atoms with E-state index in [0.717, 1.165) is 23.3 Å². The van der Waals surface area contributed by atoms with E-state index >= 15 is 0 Å². The zero-order chi connectivity index (χ0) is 14.1. The molecule has 0 radical (unpaired) electrons. The first kappa shape index (κ1) is 13.0. The summed E-state index contributed by atoms with van der Waals surface area (Å²) < 4.78 is 7.30. The molecule has 0 aliphatic rings. The smallest absolute Gasteiger partial charge is 0.142 e. The Morgan fingerprint density at radius 1 is 1.15 bits per heavy atom. The van der Waals surface area contributed by atoms with Gasteiger partial charge in [-0.1, -0.05) is 23.7 Å². The van der Waals surface area contributed by atoms with Crippen LogP contribution < -0.4 is 4.74 Å². The minimum absolute atomic E-state index is 0.520. The Hall–Kier alpha value is -2.00. The largest absolute Gasteiger partial charge is 0.497 e. The van der Waals surface area contributed by atoms with Gasteiger partial charge in [-0.3, -0.25) is 0 Å². The highest BCUT2D eigenvalue weighted by Crippen LogP contribution is 2.22. The zero-order valence-electron chi connectivity index (χ0n) is 11.4. The van der Waals surface area contributed by atoms with Crippen LogP contribution in [0.15, 0.2) is 42.6 Å². The molecule has 2 heterocycles. The number of ether oxygens (including phenoxy) is 1. The summed E-state index contributed by atoms with van der Waals surface area (Å²) in [6.07, 6.45) is 2.11. The molecule has 4 heteroatoms. The number of hydrogen-bond acceptors (Lipinski definition) is 2. The van der Waals surface area contributed by atoms with Crippen molar-refractivity contribution in [3.05, 3.63) is 58.9 Å². The number of pyridine rings is 1. The Balaban J connectivity index is 1.99. The van der Waals surface area contributed by atoms with Crippen LogP contribution >= 0.6 is 11.6 Å². The second-order valence-electron chi connectivity index (χ2n) is 4.79. The van der Waals surface area contributed by atoms with Crippen LogP contribution in [0.2, 0.25) is 5.15 Å². The van der Waals surface area contributed by atoms with Gasteiger partial charge in [0.1, 0.15) is 16.5 Å². The van der Waals surface area contributed by atoms with Crippen LogP contribution in [-0.4, -0.2) is 16.7 Å². The molecule has 0 spiro atoms. The molecule has 0 amide bonds. The predicted octanol–water partition coefficient (Wildman–Crippen LogP) is 4.06. The number of hydrogen-bond donors (Lipinski definition) is 0. The standard InChI is InChI=1S/C16H15ClN2O/c1-11-9-19(16-14(11)7-8-15(17)18-16)10-12-3-5-13(20-2)6-4-12/h3-9H,10H2,1-2H3. The van der Waals surface area contributed by atoms with Crippen LogP contribution in [0.4, 0.5) is 0 Å². The van der Waals surface area contributed by atoms with E-state index < -0.39 is 0 Å². The normalized spacial score (nSPS) is 10.9. The summed E-state index contributed by atoms with van der Waals surface area (Å²) in [5.74, 6) is 0.864. The molecular weight excluding hydrogens is 272 g/mol. The van der Waals surface area contributed by atoms with Gasteiger partial charge >= 0.3 is 0 Å². The molecule has 3 nitrogen and oxygen atoms in total. The molecule has 0 aliphatic carbocycles. The fourth-order valence-electron chi connectivity index (χ4n) is 2.36. The minimum Gasteiger partial charge on any atom is -0.497 e. The van der Waals surface area contributed by atoms with Gasteiger partial charge in [-0.2, -0.15) is 0 Å². The second kappa shape index (κ2) is 5.17. The Morgan fingerprint density at radius 2 is 1.90 bits per heavy atom. The second-order valence-corrected chi connectivity index (χ2v) is 5.18. The highest BCUT2D eigenvalue weighted by atomic mass is 35.5. The first-order valence-electron chi connectivity index (χ1n) is 6.42. The van der Waals surface area contributed by atoms with Crippen LogP contribution in [-0.2, 0) is 6.54 Å². The van der Waals surface area contributed by atoms with Crippen molar-refractivity contribution in [2.75, 3.05) is 7.11 Å². The number of methoxy groups -OCH3 is 1. The van der Waals surface area contributed by atoms with E-state index in [0.29, 0.717) is 5.15 Å². The maximum atomic E-state index is 6.00. The SMILES string of the molecule is COc1ccc(Cn2cc(C)c3ccc(Cl)nc32)cc1. The average Bonchev–Trinajstić information content (AvgIpc) is 2.76. The highest BCUT2D eigenvalue weighted by molar-refractivity contribution is 6.29. The first-order valence-corrected chi connectivity index (χ1v) is 6.80. The molecule has 3 aromatic rings. The van der Waals surface area contributed by atoms with Crippen molar-refractivity contribution in [2.24, 2.45) is 0 Å². The topological polar surface area (TPSA) is 27.1 Å². The van der Waals surface area contributed by atoms with Crippen molar-refractivity contribution in [3.8, 4) is 5.75 Å². The predicted molar refractivity (Wildman–Crippen MR) is 81.6 cm³/mol. The van der Waals surface area contributed by atoms with Crippen molar-refractivity contribution in [1.29, 1.82) is 0 Å². The van der Waals surface area contributed by atoms with Gasteiger partial charge in [-0.05, 0) is 42.3 Å². The summed E-state index contributed by atoms with van der Waals surface area (Å²) in [6, 6.07) is 11.9. The fraction of sp³-hybridized carbons (Fsp3) is 0.188. The third kappa shape index (κ3) is 2.37. The number of aryl methyl sites for hydroxylation is 1. The van der Waals surface area contributed by atoms with Crippen LogP contribution in [0.1, 0.15) is 11.1 Å². The maximum absolute atomic E-state index is 6.00. The molecule has 0 N–H and O–H groups in total. The van der Waals surface area contributed by atoms with Gasteiger partial charge in [-0.25, -0.2) is 4.98 Å². The van der Waals surface area contributed by atoms with E-state index in [2.05, 4.69) is 34.8 Å². The van der Waals surface area contributed by atoms with E-state index in [-0.39, 0.29) is 0 Å². The van der Waals surface area contributed by atoms with E-state index in [1.807, 2.05) is 24.3 Å². The average molecular weight is 287 g/mol. The monoisotopic (exact) mass is 286 g/mol. The lowest BCUT2D eigenvalue weighted by atomic mass is 10.2. The number of halogens is 1. The number of nitrogens with zero attached hydrogens (tertiary/aromatic N) is 2. The van der Waals surface area contributed by atoms with E-state index in [1.165, 1.54) is 11.1 Å². The molecule has 0 unspecified atom stereocenters. The number of rotatable bonds is 3. The van der Waals surface area contributed by atoms with Crippen molar-refractivity contribution < 1.29 is 4.74 Å². The Bertz CT molecular complexity index is 747. The third-order valence-electron chi connectivity index (χ3n) is 3.40. The molecule has 0 saturated carbocycles. The number of fused-ring (bicyclic) bond motifs is 1. The summed E-state index contributed by atoms with van der Waals surface area (Å²) in [5, 5.41) is 1.66. The highest BCUT2D eigenvalue weighted by Gasteiger charge is 2.08. The Kier molecular flexibility index (Phi) is 3.36. The molecule has 0 fully saturated rings. The van der Waals surface area contributed by atoms with Crippen LogP contribution in [0.25, 0.3) is 11.0 Å². The van der Waals surface area contributed by atoms with Gasteiger partial charge in [0.05, 0.1) is 7.11 Å². The van der Waals surface area contributed by atoms with Crippen molar-refractivity contribution >= 4 is 22.6 Å². The molecule has 1 aromatic carbocycles. The van der Waals surface area contributed by atoms with Crippen molar-refractivity contribution in [1.82, 2.24) is 9.55 Å². The van der Waals surface area contributed by atoms with Crippen molar-refractivity contribution in [3.63, 3.8) is 0 Å². The van der Waals surface area contributed by atoms with Crippen LogP contribution in [0, 0.1) is 6.92 Å². The number of benzene rings is 1.